The van der Waals surface area contributed by atoms with E-state index in [4.69, 9.17) is 16.3 Å². The van der Waals surface area contributed by atoms with Crippen LogP contribution in [0.4, 0.5) is 0 Å². The van der Waals surface area contributed by atoms with Gasteiger partial charge in [-0.1, -0.05) is 37.6 Å². The summed E-state index contributed by atoms with van der Waals surface area (Å²) in [6, 6.07) is 7.98. The third-order valence-electron chi connectivity index (χ3n) is 4.92. The van der Waals surface area contributed by atoms with E-state index in [1.807, 2.05) is 25.1 Å². The van der Waals surface area contributed by atoms with Crippen molar-refractivity contribution in [3.05, 3.63) is 34.9 Å². The Labute approximate surface area is 184 Å². The first-order valence-corrected chi connectivity index (χ1v) is 9.63. The lowest BCUT2D eigenvalue weighted by atomic mass is 9.84. The maximum absolute atomic E-state index is 11.9. The normalized spacial score (nSPS) is 15.9. The lowest BCUT2D eigenvalue weighted by Gasteiger charge is -2.35. The van der Waals surface area contributed by atoms with Crippen molar-refractivity contribution in [2.75, 3.05) is 33.3 Å². The summed E-state index contributed by atoms with van der Waals surface area (Å²) in [4.78, 5) is 18.5. The third-order valence-corrected chi connectivity index (χ3v) is 5.16. The van der Waals surface area contributed by atoms with Crippen molar-refractivity contribution in [3.63, 3.8) is 0 Å². The summed E-state index contributed by atoms with van der Waals surface area (Å²) >= 11 is 6.13. The topological polar surface area (TPSA) is 53.9 Å². The molecule has 1 heterocycles. The molecule has 0 amide bonds. The number of hydrogen-bond acceptors (Lipinski definition) is 3. The van der Waals surface area contributed by atoms with Gasteiger partial charge in [0.15, 0.2) is 5.96 Å². The van der Waals surface area contributed by atoms with Crippen molar-refractivity contribution < 1.29 is 9.53 Å². The Hall–Kier alpha value is -1.02. The number of carbonyl (C=O) groups excluding carboxylic acids is 1. The minimum absolute atomic E-state index is 0. The van der Waals surface area contributed by atoms with Crippen LogP contribution in [0, 0.1) is 5.92 Å². The number of halogens is 2. The minimum Gasteiger partial charge on any atom is -0.466 e. The maximum Gasteiger partial charge on any atom is 0.309 e. The highest BCUT2D eigenvalue weighted by Gasteiger charge is 2.28. The molecule has 0 radical (unpaired) electrons. The number of rotatable bonds is 5. The number of hydrogen-bond donors (Lipinski definition) is 1. The number of aliphatic imine (C=N–C) groups is 1. The van der Waals surface area contributed by atoms with Gasteiger partial charge in [-0.25, -0.2) is 0 Å². The van der Waals surface area contributed by atoms with E-state index in [1.165, 1.54) is 5.56 Å². The SMILES string of the molecule is CCOC(=O)C1CCN(C(=NC)NCC(C)(C)c2cccc(Cl)c2)CC1.I. The molecule has 0 bridgehead atoms. The zero-order valence-electron chi connectivity index (χ0n) is 16.6. The molecule has 0 aliphatic carbocycles. The molecule has 0 aromatic heterocycles. The Morgan fingerprint density at radius 1 is 1.37 bits per heavy atom. The van der Waals surface area contributed by atoms with Gasteiger partial charge < -0.3 is 15.0 Å². The quantitative estimate of drug-likeness (QED) is 0.282. The van der Waals surface area contributed by atoms with E-state index in [0.717, 1.165) is 43.5 Å². The van der Waals surface area contributed by atoms with Gasteiger partial charge in [0.1, 0.15) is 0 Å². The van der Waals surface area contributed by atoms with Gasteiger partial charge in [0, 0.05) is 37.1 Å². The van der Waals surface area contributed by atoms with Crippen LogP contribution in [0.15, 0.2) is 29.3 Å². The van der Waals surface area contributed by atoms with Crippen molar-refractivity contribution >= 4 is 47.5 Å². The van der Waals surface area contributed by atoms with Gasteiger partial charge in [0.25, 0.3) is 0 Å². The molecule has 0 spiro atoms. The maximum atomic E-state index is 11.9. The van der Waals surface area contributed by atoms with E-state index >= 15 is 0 Å². The molecule has 1 aliphatic heterocycles. The van der Waals surface area contributed by atoms with Crippen LogP contribution in [0.25, 0.3) is 0 Å². The van der Waals surface area contributed by atoms with Crippen molar-refractivity contribution in [3.8, 4) is 0 Å². The number of benzene rings is 1. The predicted molar refractivity (Wildman–Crippen MR) is 122 cm³/mol. The first-order chi connectivity index (χ1) is 12.4. The molecular weight excluding hydrogens is 477 g/mol. The second-order valence-electron chi connectivity index (χ2n) is 7.31. The van der Waals surface area contributed by atoms with Gasteiger partial charge >= 0.3 is 5.97 Å². The molecule has 1 aliphatic rings. The molecule has 152 valence electrons. The molecule has 1 aromatic rings. The molecule has 5 nitrogen and oxygen atoms in total. The number of carbonyl (C=O) groups is 1. The van der Waals surface area contributed by atoms with Crippen molar-refractivity contribution in [1.82, 2.24) is 10.2 Å². The van der Waals surface area contributed by atoms with Crippen LogP contribution in [0.3, 0.4) is 0 Å². The average Bonchev–Trinajstić information content (AvgIpc) is 2.63. The van der Waals surface area contributed by atoms with Crippen LogP contribution in [-0.2, 0) is 14.9 Å². The number of ether oxygens (including phenoxy) is 1. The van der Waals surface area contributed by atoms with Gasteiger partial charge in [-0.15, -0.1) is 24.0 Å². The van der Waals surface area contributed by atoms with Crippen LogP contribution in [0.2, 0.25) is 5.02 Å². The van der Waals surface area contributed by atoms with Gasteiger partial charge in [-0.05, 0) is 37.5 Å². The Bertz CT molecular complexity index is 644. The standard InChI is InChI=1S/C20H30ClN3O2.HI/c1-5-26-18(25)15-9-11-24(12-10-15)19(22-4)23-14-20(2,3)16-7-6-8-17(21)13-16;/h6-8,13,15H,5,9-12,14H2,1-4H3,(H,22,23);1H. The Morgan fingerprint density at radius 2 is 2.04 bits per heavy atom. The molecule has 1 aromatic carbocycles. The summed E-state index contributed by atoms with van der Waals surface area (Å²) in [6.45, 7) is 9.03. The zero-order valence-corrected chi connectivity index (χ0v) is 19.7. The van der Waals surface area contributed by atoms with Crippen LogP contribution in [-0.4, -0.2) is 50.1 Å². The fourth-order valence-corrected chi connectivity index (χ4v) is 3.42. The Morgan fingerprint density at radius 3 is 2.59 bits per heavy atom. The number of nitrogens with one attached hydrogen (secondary N) is 1. The fraction of sp³-hybridized carbons (Fsp3) is 0.600. The van der Waals surface area contributed by atoms with Crippen LogP contribution in [0.1, 0.15) is 39.2 Å². The molecular formula is C20H31ClIN3O2. The Balaban J connectivity index is 0.00000364. The minimum atomic E-state index is -0.0793. The fourth-order valence-electron chi connectivity index (χ4n) is 3.23. The molecule has 7 heteroatoms. The monoisotopic (exact) mass is 507 g/mol. The number of guanidine groups is 1. The predicted octanol–water partition coefficient (Wildman–Crippen LogP) is 4.09. The number of likely N-dealkylation sites (tertiary alicyclic amines) is 1. The van der Waals surface area contributed by atoms with Gasteiger partial charge in [0.05, 0.1) is 12.5 Å². The second-order valence-corrected chi connectivity index (χ2v) is 7.74. The molecule has 0 saturated carbocycles. The van der Waals surface area contributed by atoms with Crippen molar-refractivity contribution in [2.24, 2.45) is 10.9 Å². The molecule has 0 atom stereocenters. The van der Waals surface area contributed by atoms with Gasteiger partial charge in [-0.3, -0.25) is 9.79 Å². The van der Waals surface area contributed by atoms with Crippen molar-refractivity contribution in [2.45, 2.75) is 39.0 Å². The molecule has 27 heavy (non-hydrogen) atoms. The van der Waals surface area contributed by atoms with E-state index < -0.39 is 0 Å². The van der Waals surface area contributed by atoms with E-state index in [2.05, 4.69) is 35.1 Å². The first kappa shape index (κ1) is 24.0. The van der Waals surface area contributed by atoms with Crippen LogP contribution in [0.5, 0.6) is 0 Å². The summed E-state index contributed by atoms with van der Waals surface area (Å²) in [5, 5.41) is 4.23. The Kier molecular flexibility index (Phi) is 9.87. The van der Waals surface area contributed by atoms with Crippen LogP contribution < -0.4 is 5.32 Å². The second kappa shape index (κ2) is 11.1. The first-order valence-electron chi connectivity index (χ1n) is 9.25. The number of piperidine rings is 1. The van der Waals surface area contributed by atoms with Crippen LogP contribution >= 0.6 is 35.6 Å². The highest BCUT2D eigenvalue weighted by atomic mass is 127. The smallest absolute Gasteiger partial charge is 0.309 e. The van der Waals surface area contributed by atoms with E-state index in [0.29, 0.717) is 6.61 Å². The number of nitrogens with zero attached hydrogens (tertiary/aromatic N) is 2. The third kappa shape index (κ3) is 6.82. The van der Waals surface area contributed by atoms with Gasteiger partial charge in [-0.2, -0.15) is 0 Å². The average molecular weight is 508 g/mol. The summed E-state index contributed by atoms with van der Waals surface area (Å²) in [5.74, 6) is 0.812. The highest BCUT2D eigenvalue weighted by molar-refractivity contribution is 14.0. The largest absolute Gasteiger partial charge is 0.466 e. The molecule has 2 rings (SSSR count). The van der Waals surface area contributed by atoms with E-state index in [1.54, 1.807) is 7.05 Å². The highest BCUT2D eigenvalue weighted by Crippen LogP contribution is 2.25. The summed E-state index contributed by atoms with van der Waals surface area (Å²) in [7, 11) is 1.80. The molecule has 1 saturated heterocycles. The molecule has 0 unspecified atom stereocenters. The van der Waals surface area contributed by atoms with Crippen molar-refractivity contribution in [1.29, 1.82) is 0 Å². The molecule has 1 N–H and O–H groups in total. The molecule has 1 fully saturated rings. The van der Waals surface area contributed by atoms with Gasteiger partial charge in [0.2, 0.25) is 0 Å². The zero-order chi connectivity index (χ0) is 19.2. The van der Waals surface area contributed by atoms with E-state index in [-0.39, 0.29) is 41.3 Å². The van der Waals surface area contributed by atoms with E-state index in [9.17, 15) is 4.79 Å². The summed E-state index contributed by atoms with van der Waals surface area (Å²) in [5.41, 5.74) is 1.11. The summed E-state index contributed by atoms with van der Waals surface area (Å²) in [6.07, 6.45) is 1.61. The lowest BCUT2D eigenvalue weighted by Crippen LogP contribution is -2.49. The lowest BCUT2D eigenvalue weighted by molar-refractivity contribution is -0.149. The summed E-state index contributed by atoms with van der Waals surface area (Å²) < 4.78 is 5.14. The number of esters is 1.